The number of benzene rings is 1. The summed E-state index contributed by atoms with van der Waals surface area (Å²) in [5.74, 6) is -1.01. The molecule has 0 aliphatic carbocycles. The molecule has 98 valence electrons. The maximum Gasteiger partial charge on any atom is 0.326 e. The number of rotatable bonds is 5. The molecule has 0 bridgehead atoms. The summed E-state index contributed by atoms with van der Waals surface area (Å²) in [4.78, 5) is 24.2. The maximum atomic E-state index is 11.9. The quantitative estimate of drug-likeness (QED) is 0.840. The van der Waals surface area contributed by atoms with Gasteiger partial charge in [0.1, 0.15) is 6.04 Å². The van der Waals surface area contributed by atoms with Crippen molar-refractivity contribution in [2.24, 2.45) is 0 Å². The average molecular weight is 250 g/mol. The van der Waals surface area contributed by atoms with Gasteiger partial charge in [0, 0.05) is 12.7 Å². The molecule has 2 N–H and O–H groups in total. The van der Waals surface area contributed by atoms with E-state index in [1.165, 1.54) is 4.90 Å². The number of urea groups is 1. The van der Waals surface area contributed by atoms with E-state index in [2.05, 4.69) is 5.32 Å². The fourth-order valence-corrected chi connectivity index (χ4v) is 1.56. The molecule has 0 aliphatic rings. The van der Waals surface area contributed by atoms with E-state index in [0.717, 1.165) is 5.69 Å². The van der Waals surface area contributed by atoms with Crippen molar-refractivity contribution in [3.8, 4) is 0 Å². The molecule has 0 radical (unpaired) electrons. The standard InChI is InChI=1S/C13H18N2O3/c1-3-7-11(12(16)17)14-13(18)15(2)10-8-5-4-6-9-10/h4-6,8-9,11H,3,7H2,1-2H3,(H,14,18)(H,16,17). The maximum absolute atomic E-state index is 11.9. The molecule has 2 amide bonds. The third kappa shape index (κ3) is 3.76. The molecular weight excluding hydrogens is 232 g/mol. The smallest absolute Gasteiger partial charge is 0.326 e. The summed E-state index contributed by atoms with van der Waals surface area (Å²) in [6.45, 7) is 1.88. The number of carbonyl (C=O) groups excluding carboxylic acids is 1. The first-order valence-electron chi connectivity index (χ1n) is 5.88. The zero-order valence-corrected chi connectivity index (χ0v) is 10.6. The van der Waals surface area contributed by atoms with Gasteiger partial charge in [0.2, 0.25) is 0 Å². The van der Waals surface area contributed by atoms with Crippen LogP contribution in [0.15, 0.2) is 30.3 Å². The average Bonchev–Trinajstić information content (AvgIpc) is 2.38. The Hall–Kier alpha value is -2.04. The Morgan fingerprint density at radius 3 is 2.44 bits per heavy atom. The number of carboxylic acids is 1. The molecule has 0 aromatic heterocycles. The van der Waals surface area contributed by atoms with Gasteiger partial charge in [-0.05, 0) is 18.6 Å². The van der Waals surface area contributed by atoms with Crippen molar-refractivity contribution in [3.63, 3.8) is 0 Å². The van der Waals surface area contributed by atoms with E-state index in [4.69, 9.17) is 5.11 Å². The normalized spacial score (nSPS) is 11.7. The second kappa shape index (κ2) is 6.64. The number of carbonyl (C=O) groups is 2. The number of anilines is 1. The highest BCUT2D eigenvalue weighted by Crippen LogP contribution is 2.11. The Kier molecular flexibility index (Phi) is 5.17. The molecule has 0 heterocycles. The lowest BCUT2D eigenvalue weighted by Crippen LogP contribution is -2.46. The Bertz CT molecular complexity index is 406. The van der Waals surface area contributed by atoms with E-state index in [9.17, 15) is 9.59 Å². The Labute approximate surface area is 106 Å². The van der Waals surface area contributed by atoms with Crippen molar-refractivity contribution in [1.29, 1.82) is 0 Å². The number of hydrogen-bond acceptors (Lipinski definition) is 2. The van der Waals surface area contributed by atoms with Gasteiger partial charge in [0.15, 0.2) is 0 Å². The molecule has 0 fully saturated rings. The van der Waals surface area contributed by atoms with Gasteiger partial charge < -0.3 is 10.4 Å². The predicted octanol–water partition coefficient (Wildman–Crippen LogP) is 2.09. The number of para-hydroxylation sites is 1. The minimum absolute atomic E-state index is 0.415. The second-order valence-corrected chi connectivity index (χ2v) is 4.02. The first-order valence-corrected chi connectivity index (χ1v) is 5.88. The van der Waals surface area contributed by atoms with Crippen LogP contribution in [0.2, 0.25) is 0 Å². The number of carboxylic acid groups (broad SMARTS) is 1. The number of nitrogens with zero attached hydrogens (tertiary/aromatic N) is 1. The third-order valence-electron chi connectivity index (χ3n) is 2.62. The minimum atomic E-state index is -1.01. The third-order valence-corrected chi connectivity index (χ3v) is 2.62. The first kappa shape index (κ1) is 14.0. The van der Waals surface area contributed by atoms with E-state index >= 15 is 0 Å². The lowest BCUT2D eigenvalue weighted by Gasteiger charge is -2.21. The van der Waals surface area contributed by atoms with E-state index in [1.807, 2.05) is 25.1 Å². The molecule has 1 unspecified atom stereocenters. The molecule has 0 spiro atoms. The summed E-state index contributed by atoms with van der Waals surface area (Å²) in [6, 6.07) is 7.81. The van der Waals surface area contributed by atoms with Crippen LogP contribution in [0.1, 0.15) is 19.8 Å². The number of hydrogen-bond donors (Lipinski definition) is 2. The van der Waals surface area contributed by atoms with Gasteiger partial charge in [-0.25, -0.2) is 9.59 Å². The van der Waals surface area contributed by atoms with Crippen LogP contribution in [-0.2, 0) is 4.79 Å². The molecule has 1 aromatic rings. The summed E-state index contributed by atoms with van der Waals surface area (Å²) in [7, 11) is 1.61. The molecule has 18 heavy (non-hydrogen) atoms. The van der Waals surface area contributed by atoms with Gasteiger partial charge in [-0.1, -0.05) is 31.5 Å². The van der Waals surface area contributed by atoms with Crippen molar-refractivity contribution in [1.82, 2.24) is 5.32 Å². The second-order valence-electron chi connectivity index (χ2n) is 4.02. The largest absolute Gasteiger partial charge is 0.480 e. The summed E-state index contributed by atoms with van der Waals surface area (Å²) >= 11 is 0. The fourth-order valence-electron chi connectivity index (χ4n) is 1.56. The van der Waals surface area contributed by atoms with E-state index in [-0.39, 0.29) is 0 Å². The van der Waals surface area contributed by atoms with Crippen LogP contribution in [0.25, 0.3) is 0 Å². The van der Waals surface area contributed by atoms with Crippen LogP contribution in [0, 0.1) is 0 Å². The Morgan fingerprint density at radius 1 is 1.33 bits per heavy atom. The molecule has 5 nitrogen and oxygen atoms in total. The van der Waals surface area contributed by atoms with Crippen LogP contribution in [0.3, 0.4) is 0 Å². The van der Waals surface area contributed by atoms with Gasteiger partial charge in [0.25, 0.3) is 0 Å². The van der Waals surface area contributed by atoms with Gasteiger partial charge in [0.05, 0.1) is 0 Å². The zero-order valence-electron chi connectivity index (χ0n) is 10.6. The SMILES string of the molecule is CCCC(NC(=O)N(C)c1ccccc1)C(=O)O. The highest BCUT2D eigenvalue weighted by Gasteiger charge is 2.21. The van der Waals surface area contributed by atoms with Crippen molar-refractivity contribution in [3.05, 3.63) is 30.3 Å². The minimum Gasteiger partial charge on any atom is -0.480 e. The Balaban J connectivity index is 2.67. The molecule has 0 aliphatic heterocycles. The van der Waals surface area contributed by atoms with Crippen LogP contribution in [0.4, 0.5) is 10.5 Å². The Morgan fingerprint density at radius 2 is 1.94 bits per heavy atom. The molecule has 0 saturated carbocycles. The fraction of sp³-hybridized carbons (Fsp3) is 0.385. The summed E-state index contributed by atoms with van der Waals surface area (Å²) in [5, 5.41) is 11.5. The lowest BCUT2D eigenvalue weighted by molar-refractivity contribution is -0.139. The van der Waals surface area contributed by atoms with Crippen molar-refractivity contribution in [2.75, 3.05) is 11.9 Å². The van der Waals surface area contributed by atoms with E-state index in [1.54, 1.807) is 19.2 Å². The number of aliphatic carboxylic acids is 1. The summed E-state index contributed by atoms with van der Waals surface area (Å²) in [5.41, 5.74) is 0.718. The summed E-state index contributed by atoms with van der Waals surface area (Å²) in [6.07, 6.45) is 1.12. The van der Waals surface area contributed by atoms with Crippen molar-refractivity contribution >= 4 is 17.7 Å². The zero-order chi connectivity index (χ0) is 13.5. The highest BCUT2D eigenvalue weighted by molar-refractivity contribution is 5.93. The van der Waals surface area contributed by atoms with E-state index in [0.29, 0.717) is 12.8 Å². The molecule has 1 aromatic carbocycles. The number of nitrogens with one attached hydrogen (secondary N) is 1. The predicted molar refractivity (Wildman–Crippen MR) is 69.7 cm³/mol. The molecular formula is C13H18N2O3. The van der Waals surface area contributed by atoms with Gasteiger partial charge in [-0.3, -0.25) is 4.90 Å². The van der Waals surface area contributed by atoms with Crippen LogP contribution < -0.4 is 10.2 Å². The molecule has 1 rings (SSSR count). The highest BCUT2D eigenvalue weighted by atomic mass is 16.4. The van der Waals surface area contributed by atoms with Crippen LogP contribution in [0.5, 0.6) is 0 Å². The first-order chi connectivity index (χ1) is 8.56. The van der Waals surface area contributed by atoms with Gasteiger partial charge >= 0.3 is 12.0 Å². The molecule has 1 atom stereocenters. The molecule has 5 heteroatoms. The summed E-state index contributed by atoms with van der Waals surface area (Å²) < 4.78 is 0. The lowest BCUT2D eigenvalue weighted by atomic mass is 10.2. The monoisotopic (exact) mass is 250 g/mol. The topological polar surface area (TPSA) is 69.6 Å². The van der Waals surface area contributed by atoms with Crippen molar-refractivity contribution < 1.29 is 14.7 Å². The van der Waals surface area contributed by atoms with Crippen molar-refractivity contribution in [2.45, 2.75) is 25.8 Å². The van der Waals surface area contributed by atoms with Gasteiger partial charge in [-0.15, -0.1) is 0 Å². The van der Waals surface area contributed by atoms with E-state index < -0.39 is 18.0 Å². The van der Waals surface area contributed by atoms with Gasteiger partial charge in [-0.2, -0.15) is 0 Å². The van der Waals surface area contributed by atoms with Crippen LogP contribution in [-0.4, -0.2) is 30.2 Å². The molecule has 0 saturated heterocycles. The van der Waals surface area contributed by atoms with Crippen LogP contribution >= 0.6 is 0 Å². The number of amides is 2.